The molecule has 0 aliphatic rings. The maximum absolute atomic E-state index is 12.5. The Kier molecular flexibility index (Phi) is 4.67. The van der Waals surface area contributed by atoms with Gasteiger partial charge in [0.15, 0.2) is 0 Å². The van der Waals surface area contributed by atoms with Gasteiger partial charge in [0.2, 0.25) is 0 Å². The van der Waals surface area contributed by atoms with Gasteiger partial charge in [-0.05, 0) is 51.1 Å². The molecule has 0 aromatic heterocycles. The van der Waals surface area contributed by atoms with Crippen molar-refractivity contribution in [3.8, 4) is 11.8 Å². The minimum atomic E-state index is -3.71. The highest BCUT2D eigenvalue weighted by Gasteiger charge is 2.15. The molecule has 0 saturated carbocycles. The predicted octanol–water partition coefficient (Wildman–Crippen LogP) is 3.47. The standard InChI is InChI=1S/C18H20N2O2S/c1-18(2,3)12-11-14-7-6-8-15(13-14)23(21,22)20-17-10-5-4-9-16(17)19/h4-10,13,20H,19H2,1-3H3. The molecule has 0 unspecified atom stereocenters. The molecule has 3 N–H and O–H groups in total. The topological polar surface area (TPSA) is 72.2 Å². The smallest absolute Gasteiger partial charge is 0.262 e. The number of nitrogens with two attached hydrogens (primary N) is 1. The monoisotopic (exact) mass is 328 g/mol. The van der Waals surface area contributed by atoms with Gasteiger partial charge >= 0.3 is 0 Å². The lowest BCUT2D eigenvalue weighted by Gasteiger charge is -2.10. The first-order valence-corrected chi connectivity index (χ1v) is 8.66. The Balaban J connectivity index is 2.34. The van der Waals surface area contributed by atoms with Crippen molar-refractivity contribution in [2.75, 3.05) is 10.5 Å². The zero-order valence-electron chi connectivity index (χ0n) is 13.4. The molecule has 0 aliphatic carbocycles. The van der Waals surface area contributed by atoms with Crippen LogP contribution in [0.2, 0.25) is 0 Å². The molecule has 0 atom stereocenters. The lowest BCUT2D eigenvalue weighted by atomic mass is 9.97. The first-order valence-electron chi connectivity index (χ1n) is 7.18. The number of nitrogen functional groups attached to an aromatic ring is 1. The summed E-state index contributed by atoms with van der Waals surface area (Å²) in [6.07, 6.45) is 0. The van der Waals surface area contributed by atoms with E-state index in [2.05, 4.69) is 16.6 Å². The van der Waals surface area contributed by atoms with Crippen LogP contribution in [0, 0.1) is 17.3 Å². The SMILES string of the molecule is CC(C)(C)C#Cc1cccc(S(=O)(=O)Nc2ccccc2N)c1. The van der Waals surface area contributed by atoms with Crippen LogP contribution >= 0.6 is 0 Å². The molecular formula is C18H20N2O2S. The summed E-state index contributed by atoms with van der Waals surface area (Å²) >= 11 is 0. The number of para-hydroxylation sites is 2. The third-order valence-corrected chi connectivity index (χ3v) is 4.29. The van der Waals surface area contributed by atoms with Crippen molar-refractivity contribution in [1.29, 1.82) is 0 Å². The molecule has 0 amide bonds. The molecule has 2 aromatic rings. The summed E-state index contributed by atoms with van der Waals surface area (Å²) in [5.41, 5.74) is 7.03. The maximum Gasteiger partial charge on any atom is 0.262 e. The van der Waals surface area contributed by atoms with E-state index >= 15 is 0 Å². The second-order valence-electron chi connectivity index (χ2n) is 6.22. The minimum Gasteiger partial charge on any atom is -0.397 e. The first-order chi connectivity index (χ1) is 10.7. The fraction of sp³-hybridized carbons (Fsp3) is 0.222. The Bertz CT molecular complexity index is 870. The lowest BCUT2D eigenvalue weighted by molar-refractivity contribution is 0.571. The molecule has 2 aromatic carbocycles. The number of rotatable bonds is 3. The van der Waals surface area contributed by atoms with E-state index in [-0.39, 0.29) is 10.3 Å². The van der Waals surface area contributed by atoms with E-state index in [1.54, 1.807) is 42.5 Å². The fourth-order valence-corrected chi connectivity index (χ4v) is 2.93. The Labute approximate surface area is 137 Å². The summed E-state index contributed by atoms with van der Waals surface area (Å²) in [6, 6.07) is 13.3. The van der Waals surface area contributed by atoms with Gasteiger partial charge in [-0.2, -0.15) is 0 Å². The van der Waals surface area contributed by atoms with Crippen LogP contribution in [0.3, 0.4) is 0 Å². The van der Waals surface area contributed by atoms with E-state index in [0.29, 0.717) is 16.9 Å². The minimum absolute atomic E-state index is 0.147. The average molecular weight is 328 g/mol. The third-order valence-electron chi connectivity index (χ3n) is 2.93. The highest BCUT2D eigenvalue weighted by Crippen LogP contribution is 2.22. The number of anilines is 2. The van der Waals surface area contributed by atoms with Gasteiger partial charge in [0.1, 0.15) is 0 Å². The maximum atomic E-state index is 12.5. The molecule has 0 aliphatic heterocycles. The zero-order chi connectivity index (χ0) is 17.1. The second-order valence-corrected chi connectivity index (χ2v) is 7.90. The molecule has 5 heteroatoms. The van der Waals surface area contributed by atoms with Crippen molar-refractivity contribution in [3.63, 3.8) is 0 Å². The van der Waals surface area contributed by atoms with Crippen molar-refractivity contribution in [1.82, 2.24) is 0 Å². The predicted molar refractivity (Wildman–Crippen MR) is 94.4 cm³/mol. The second kappa shape index (κ2) is 6.35. The van der Waals surface area contributed by atoms with Gasteiger partial charge in [-0.25, -0.2) is 8.42 Å². The number of sulfonamides is 1. The van der Waals surface area contributed by atoms with Gasteiger partial charge in [-0.3, -0.25) is 4.72 Å². The van der Waals surface area contributed by atoms with E-state index < -0.39 is 10.0 Å². The Hall–Kier alpha value is -2.45. The molecule has 0 saturated heterocycles. The van der Waals surface area contributed by atoms with E-state index in [1.165, 1.54) is 6.07 Å². The molecule has 0 radical (unpaired) electrons. The number of hydrogen-bond donors (Lipinski definition) is 2. The zero-order valence-corrected chi connectivity index (χ0v) is 14.2. The highest BCUT2D eigenvalue weighted by molar-refractivity contribution is 7.92. The van der Waals surface area contributed by atoms with E-state index in [1.807, 2.05) is 20.8 Å². The average Bonchev–Trinajstić information content (AvgIpc) is 2.47. The lowest BCUT2D eigenvalue weighted by Crippen LogP contribution is -2.14. The van der Waals surface area contributed by atoms with Crippen molar-refractivity contribution in [2.24, 2.45) is 5.41 Å². The largest absolute Gasteiger partial charge is 0.397 e. The van der Waals surface area contributed by atoms with Crippen LogP contribution in [0.1, 0.15) is 26.3 Å². The van der Waals surface area contributed by atoms with Crippen LogP contribution < -0.4 is 10.5 Å². The summed E-state index contributed by atoms with van der Waals surface area (Å²) in [4.78, 5) is 0.154. The molecule has 23 heavy (non-hydrogen) atoms. The van der Waals surface area contributed by atoms with Crippen molar-refractivity contribution < 1.29 is 8.42 Å². The van der Waals surface area contributed by atoms with Gasteiger partial charge in [0.05, 0.1) is 16.3 Å². The summed E-state index contributed by atoms with van der Waals surface area (Å²) in [5.74, 6) is 6.10. The summed E-state index contributed by atoms with van der Waals surface area (Å²) in [5, 5.41) is 0. The molecule has 4 nitrogen and oxygen atoms in total. The van der Waals surface area contributed by atoms with Gasteiger partial charge in [-0.15, -0.1) is 0 Å². The summed E-state index contributed by atoms with van der Waals surface area (Å²) in [6.45, 7) is 6.00. The normalized spacial score (nSPS) is 11.4. The molecule has 0 bridgehead atoms. The Morgan fingerprint density at radius 1 is 1.04 bits per heavy atom. The van der Waals surface area contributed by atoms with E-state index in [0.717, 1.165) is 0 Å². The molecule has 0 heterocycles. The first kappa shape index (κ1) is 16.9. The third kappa shape index (κ3) is 4.76. The fourth-order valence-electron chi connectivity index (χ4n) is 1.79. The van der Waals surface area contributed by atoms with Crippen molar-refractivity contribution in [2.45, 2.75) is 25.7 Å². The highest BCUT2D eigenvalue weighted by atomic mass is 32.2. The van der Waals surface area contributed by atoms with Gasteiger partial charge in [-0.1, -0.05) is 30.0 Å². The van der Waals surface area contributed by atoms with Crippen LogP contribution in [-0.4, -0.2) is 8.42 Å². The number of hydrogen-bond acceptors (Lipinski definition) is 3. The van der Waals surface area contributed by atoms with E-state index in [4.69, 9.17) is 5.73 Å². The molecular weight excluding hydrogens is 308 g/mol. The van der Waals surface area contributed by atoms with E-state index in [9.17, 15) is 8.42 Å². The molecule has 0 fully saturated rings. The summed E-state index contributed by atoms with van der Waals surface area (Å²) < 4.78 is 27.5. The van der Waals surface area contributed by atoms with Crippen molar-refractivity contribution in [3.05, 3.63) is 54.1 Å². The molecule has 120 valence electrons. The summed E-state index contributed by atoms with van der Waals surface area (Å²) in [7, 11) is -3.71. The number of benzene rings is 2. The van der Waals surface area contributed by atoms with Gasteiger partial charge in [0, 0.05) is 11.0 Å². The van der Waals surface area contributed by atoms with Crippen LogP contribution in [0.4, 0.5) is 11.4 Å². The van der Waals surface area contributed by atoms with Gasteiger partial charge < -0.3 is 5.73 Å². The van der Waals surface area contributed by atoms with Gasteiger partial charge in [0.25, 0.3) is 10.0 Å². The molecule has 2 rings (SSSR count). The van der Waals surface area contributed by atoms with Crippen LogP contribution in [-0.2, 0) is 10.0 Å². The Morgan fingerprint density at radius 3 is 2.39 bits per heavy atom. The quantitative estimate of drug-likeness (QED) is 0.669. The molecule has 0 spiro atoms. The number of nitrogens with one attached hydrogen (secondary N) is 1. The van der Waals surface area contributed by atoms with Crippen LogP contribution in [0.5, 0.6) is 0 Å². The van der Waals surface area contributed by atoms with Crippen LogP contribution in [0.15, 0.2) is 53.4 Å². The Morgan fingerprint density at radius 2 is 1.74 bits per heavy atom. The van der Waals surface area contributed by atoms with Crippen LogP contribution in [0.25, 0.3) is 0 Å². The van der Waals surface area contributed by atoms with Crippen molar-refractivity contribution >= 4 is 21.4 Å².